The van der Waals surface area contributed by atoms with Gasteiger partial charge in [-0.2, -0.15) is 10.4 Å². The number of carbonyl (C=O) groups excluding carboxylic acids is 1. The lowest BCUT2D eigenvalue weighted by molar-refractivity contribution is -0.117. The second kappa shape index (κ2) is 7.44. The number of nitrogens with zero attached hydrogens (tertiary/aromatic N) is 6. The van der Waals surface area contributed by atoms with Crippen LogP contribution in [-0.4, -0.2) is 42.9 Å². The van der Waals surface area contributed by atoms with Crippen LogP contribution in [0.5, 0.6) is 0 Å². The molecule has 25 heavy (non-hydrogen) atoms. The number of hydrogen-bond donors (Lipinski definition) is 0. The Morgan fingerprint density at radius 1 is 1.56 bits per heavy atom. The van der Waals surface area contributed by atoms with E-state index < -0.39 is 15.0 Å². The van der Waals surface area contributed by atoms with Crippen molar-refractivity contribution in [1.29, 1.82) is 5.26 Å². The van der Waals surface area contributed by atoms with Crippen LogP contribution < -0.4 is 4.90 Å². The molecule has 0 fully saturated rings. The van der Waals surface area contributed by atoms with E-state index in [2.05, 4.69) is 14.4 Å². The lowest BCUT2D eigenvalue weighted by atomic mass is 10.3. The second-order valence-electron chi connectivity index (χ2n) is 5.53. The topological polar surface area (TPSA) is 104 Å². The Labute approximate surface area is 147 Å². The Kier molecular flexibility index (Phi) is 5.54. The van der Waals surface area contributed by atoms with Crippen molar-refractivity contribution in [3.05, 3.63) is 36.4 Å². The van der Waals surface area contributed by atoms with Gasteiger partial charge in [-0.25, -0.2) is 8.89 Å². The number of rotatable bonds is 5. The van der Waals surface area contributed by atoms with E-state index in [1.165, 1.54) is 24.3 Å². The van der Waals surface area contributed by atoms with E-state index in [0.717, 1.165) is 5.69 Å². The summed E-state index contributed by atoms with van der Waals surface area (Å²) in [6.45, 7) is 5.52. The van der Waals surface area contributed by atoms with E-state index in [-0.39, 0.29) is 5.91 Å². The van der Waals surface area contributed by atoms with Gasteiger partial charge in [0.1, 0.15) is 5.25 Å². The first-order valence-corrected chi connectivity index (χ1v) is 9.67. The highest BCUT2D eigenvalue weighted by atomic mass is 32.2. The fourth-order valence-electron chi connectivity index (χ4n) is 2.35. The third-order valence-electron chi connectivity index (χ3n) is 3.88. The molecule has 132 valence electrons. The highest BCUT2D eigenvalue weighted by Crippen LogP contribution is 2.23. The fraction of sp³-hybridized carbons (Fsp3) is 0.375. The molecule has 0 bridgehead atoms. The summed E-state index contributed by atoms with van der Waals surface area (Å²) in [7, 11) is -2.95. The molecule has 2 unspecified atom stereocenters. The minimum Gasteiger partial charge on any atom is -0.308 e. The van der Waals surface area contributed by atoms with Gasteiger partial charge in [-0.1, -0.05) is 0 Å². The van der Waals surface area contributed by atoms with Crippen LogP contribution in [-0.2, 0) is 14.5 Å². The first-order chi connectivity index (χ1) is 11.8. The van der Waals surface area contributed by atoms with Crippen LogP contribution in [0.1, 0.15) is 19.5 Å². The SMILES string of the molecule is CCN(C(=O)C(C)S(C)(=O)=NC#N)c1cn(-c2cccnc2)nc1C. The summed E-state index contributed by atoms with van der Waals surface area (Å²) in [4.78, 5) is 18.4. The Balaban J connectivity index is 2.41. The van der Waals surface area contributed by atoms with Gasteiger partial charge < -0.3 is 4.90 Å². The highest BCUT2D eigenvalue weighted by Gasteiger charge is 2.29. The largest absolute Gasteiger partial charge is 0.308 e. The van der Waals surface area contributed by atoms with Crippen LogP contribution in [0.15, 0.2) is 35.1 Å². The maximum absolute atomic E-state index is 12.8. The standard InChI is InChI=1S/C16H20N6O2S/c1-5-21(16(23)13(3)25(4,24)19-11-17)15-10-22(20-12(15)2)14-7-6-8-18-9-14/h6-10,13H,5H2,1-4H3. The van der Waals surface area contributed by atoms with Gasteiger partial charge >= 0.3 is 0 Å². The molecule has 0 saturated carbocycles. The zero-order valence-corrected chi connectivity index (χ0v) is 15.4. The Morgan fingerprint density at radius 2 is 2.28 bits per heavy atom. The van der Waals surface area contributed by atoms with Gasteiger partial charge in [0.2, 0.25) is 12.1 Å². The summed E-state index contributed by atoms with van der Waals surface area (Å²) in [6, 6.07) is 3.65. The maximum atomic E-state index is 12.8. The third-order valence-corrected chi connectivity index (χ3v) is 5.84. The molecule has 2 rings (SSSR count). The molecule has 2 aromatic rings. The molecule has 0 radical (unpaired) electrons. The van der Waals surface area contributed by atoms with Gasteiger partial charge in [0.25, 0.3) is 0 Å². The number of amides is 1. The molecule has 0 aromatic carbocycles. The zero-order chi connectivity index (χ0) is 18.6. The summed E-state index contributed by atoms with van der Waals surface area (Å²) in [6.07, 6.45) is 7.92. The first-order valence-electron chi connectivity index (χ1n) is 7.69. The number of hydrogen-bond acceptors (Lipinski definition) is 6. The number of pyridine rings is 1. The van der Waals surface area contributed by atoms with Crippen molar-refractivity contribution in [2.45, 2.75) is 26.0 Å². The summed E-state index contributed by atoms with van der Waals surface area (Å²) >= 11 is 0. The molecule has 0 aliphatic rings. The van der Waals surface area contributed by atoms with E-state index in [1.54, 1.807) is 36.3 Å². The molecule has 2 aromatic heterocycles. The van der Waals surface area contributed by atoms with Gasteiger partial charge in [-0.15, -0.1) is 4.36 Å². The molecule has 0 aliphatic heterocycles. The van der Waals surface area contributed by atoms with Gasteiger partial charge in [0.05, 0.1) is 39.2 Å². The zero-order valence-electron chi connectivity index (χ0n) is 14.6. The molecule has 1 amide bonds. The molecule has 2 heterocycles. The van der Waals surface area contributed by atoms with Gasteiger partial charge in [0.15, 0.2) is 0 Å². The normalized spacial score (nSPS) is 14.2. The summed E-state index contributed by atoms with van der Waals surface area (Å²) in [5.74, 6) is -0.358. The van der Waals surface area contributed by atoms with Gasteiger partial charge in [-0.3, -0.25) is 9.78 Å². The second-order valence-corrected chi connectivity index (χ2v) is 8.14. The lowest BCUT2D eigenvalue weighted by Gasteiger charge is -2.24. The van der Waals surface area contributed by atoms with Crippen LogP contribution in [0, 0.1) is 18.4 Å². The van der Waals surface area contributed by atoms with Crippen molar-refractivity contribution < 1.29 is 9.00 Å². The molecule has 0 N–H and O–H groups in total. The summed E-state index contributed by atoms with van der Waals surface area (Å²) in [5, 5.41) is 12.2. The van der Waals surface area contributed by atoms with Crippen molar-refractivity contribution >= 4 is 21.3 Å². The molecule has 0 aliphatic carbocycles. The van der Waals surface area contributed by atoms with Gasteiger partial charge in [0, 0.05) is 19.0 Å². The highest BCUT2D eigenvalue weighted by molar-refractivity contribution is 7.94. The molecular formula is C16H20N6O2S. The van der Waals surface area contributed by atoms with E-state index in [9.17, 15) is 9.00 Å². The smallest absolute Gasteiger partial charge is 0.243 e. The quantitative estimate of drug-likeness (QED) is 0.757. The Hall–Kier alpha value is -2.73. The monoisotopic (exact) mass is 360 g/mol. The number of carbonyl (C=O) groups is 1. The molecule has 9 heteroatoms. The minimum absolute atomic E-state index is 0.358. The van der Waals surface area contributed by atoms with Crippen LogP contribution in [0.4, 0.5) is 5.69 Å². The van der Waals surface area contributed by atoms with Crippen molar-refractivity contribution in [3.63, 3.8) is 0 Å². The van der Waals surface area contributed by atoms with Crippen molar-refractivity contribution in [1.82, 2.24) is 14.8 Å². The average molecular weight is 360 g/mol. The Bertz CT molecular complexity index is 922. The van der Waals surface area contributed by atoms with Crippen LogP contribution >= 0.6 is 0 Å². The van der Waals surface area contributed by atoms with Crippen LogP contribution in [0.3, 0.4) is 0 Å². The molecule has 8 nitrogen and oxygen atoms in total. The number of anilines is 1. The van der Waals surface area contributed by atoms with Crippen molar-refractivity contribution in [2.24, 2.45) is 4.36 Å². The van der Waals surface area contributed by atoms with E-state index in [1.807, 2.05) is 13.0 Å². The van der Waals surface area contributed by atoms with E-state index >= 15 is 0 Å². The third kappa shape index (κ3) is 3.85. The molecule has 0 saturated heterocycles. The molecule has 0 spiro atoms. The number of aromatic nitrogens is 3. The van der Waals surface area contributed by atoms with E-state index in [0.29, 0.717) is 17.9 Å². The number of aryl methyl sites for hydroxylation is 1. The average Bonchev–Trinajstić information content (AvgIpc) is 2.97. The Morgan fingerprint density at radius 3 is 2.84 bits per heavy atom. The minimum atomic E-state index is -2.95. The van der Waals surface area contributed by atoms with E-state index in [4.69, 9.17) is 5.26 Å². The van der Waals surface area contributed by atoms with Gasteiger partial charge in [-0.05, 0) is 32.9 Å². The lowest BCUT2D eigenvalue weighted by Crippen LogP contribution is -2.41. The van der Waals surface area contributed by atoms with Crippen molar-refractivity contribution in [3.8, 4) is 11.9 Å². The van der Waals surface area contributed by atoms with Crippen LogP contribution in [0.2, 0.25) is 0 Å². The molecule has 2 atom stereocenters. The summed E-state index contributed by atoms with van der Waals surface area (Å²) < 4.78 is 17.5. The molecular weight excluding hydrogens is 340 g/mol. The van der Waals surface area contributed by atoms with Crippen LogP contribution in [0.25, 0.3) is 5.69 Å². The predicted molar refractivity (Wildman–Crippen MR) is 95.7 cm³/mol. The predicted octanol–water partition coefficient (Wildman–Crippen LogP) is 1.90. The summed E-state index contributed by atoms with van der Waals surface area (Å²) in [5.41, 5.74) is 2.05. The first kappa shape index (κ1) is 18.6. The van der Waals surface area contributed by atoms with Crippen molar-refractivity contribution in [2.75, 3.05) is 17.7 Å². The number of nitriles is 1. The maximum Gasteiger partial charge on any atom is 0.243 e. The fourth-order valence-corrected chi connectivity index (χ4v) is 3.17.